The van der Waals surface area contributed by atoms with Gasteiger partial charge in [0.15, 0.2) is 11.6 Å². The third-order valence-electron chi connectivity index (χ3n) is 1.97. The minimum Gasteiger partial charge on any atom is -0.496 e. The molecule has 0 spiro atoms. The Balaban J connectivity index is 3.26. The number of ether oxygens (including phenoxy) is 1. The zero-order valence-corrected chi connectivity index (χ0v) is 7.88. The minimum atomic E-state index is -0.983. The Hall–Kier alpha value is -1.45. The quantitative estimate of drug-likeness (QED) is 0.699. The van der Waals surface area contributed by atoms with Gasteiger partial charge in [-0.1, -0.05) is 6.92 Å². The summed E-state index contributed by atoms with van der Waals surface area (Å²) >= 11 is 0. The van der Waals surface area contributed by atoms with E-state index in [9.17, 15) is 13.6 Å². The molecule has 0 saturated carbocycles. The Morgan fingerprint density at radius 3 is 2.43 bits per heavy atom. The average Bonchev–Trinajstić information content (AvgIpc) is 2.20. The summed E-state index contributed by atoms with van der Waals surface area (Å²) in [7, 11) is 1.34. The molecule has 0 aromatic heterocycles. The van der Waals surface area contributed by atoms with Crippen LogP contribution in [0.15, 0.2) is 12.1 Å². The van der Waals surface area contributed by atoms with Crippen molar-refractivity contribution in [3.8, 4) is 5.75 Å². The number of hydrogen-bond acceptors (Lipinski definition) is 2. The van der Waals surface area contributed by atoms with Crippen molar-refractivity contribution in [3.63, 3.8) is 0 Å². The lowest BCUT2D eigenvalue weighted by molar-refractivity contribution is -0.108. The van der Waals surface area contributed by atoms with E-state index in [0.717, 1.165) is 12.1 Å². The molecule has 1 atom stereocenters. The fourth-order valence-electron chi connectivity index (χ4n) is 1.15. The molecule has 76 valence electrons. The number of hydrogen-bond donors (Lipinski definition) is 0. The molecular formula is C10H10F2O2. The van der Waals surface area contributed by atoms with Gasteiger partial charge in [0.05, 0.1) is 7.11 Å². The molecule has 0 aliphatic carbocycles. The van der Waals surface area contributed by atoms with Gasteiger partial charge in [-0.2, -0.15) is 0 Å². The number of halogens is 2. The molecule has 1 aromatic rings. The molecule has 0 N–H and O–H groups in total. The van der Waals surface area contributed by atoms with Crippen LogP contribution in [-0.2, 0) is 4.79 Å². The van der Waals surface area contributed by atoms with Crippen molar-refractivity contribution in [2.45, 2.75) is 12.8 Å². The van der Waals surface area contributed by atoms with E-state index in [-0.39, 0.29) is 5.75 Å². The van der Waals surface area contributed by atoms with Gasteiger partial charge in [-0.25, -0.2) is 8.78 Å². The molecule has 0 aliphatic rings. The lowest BCUT2D eigenvalue weighted by atomic mass is 10.0. The first kappa shape index (κ1) is 10.6. The molecule has 0 bridgehead atoms. The highest BCUT2D eigenvalue weighted by Gasteiger charge is 2.14. The Kier molecular flexibility index (Phi) is 3.17. The summed E-state index contributed by atoms with van der Waals surface area (Å²) in [6, 6.07) is 1.91. The van der Waals surface area contributed by atoms with Crippen LogP contribution in [-0.4, -0.2) is 13.4 Å². The second kappa shape index (κ2) is 4.17. The molecule has 0 fully saturated rings. The van der Waals surface area contributed by atoms with Gasteiger partial charge in [0.2, 0.25) is 0 Å². The van der Waals surface area contributed by atoms with E-state index < -0.39 is 17.6 Å². The Morgan fingerprint density at radius 2 is 1.93 bits per heavy atom. The van der Waals surface area contributed by atoms with Crippen molar-refractivity contribution in [1.82, 2.24) is 0 Å². The third kappa shape index (κ3) is 1.89. The highest BCUT2D eigenvalue weighted by Crippen LogP contribution is 2.27. The van der Waals surface area contributed by atoms with E-state index >= 15 is 0 Å². The van der Waals surface area contributed by atoms with E-state index in [1.807, 2.05) is 0 Å². The number of methoxy groups -OCH3 is 1. The molecule has 0 radical (unpaired) electrons. The standard InChI is InChI=1S/C10H10F2O2/c1-6(5-13)7-3-8(11)9(12)4-10(7)14-2/h3-6H,1-2H3. The van der Waals surface area contributed by atoms with E-state index in [0.29, 0.717) is 11.8 Å². The summed E-state index contributed by atoms with van der Waals surface area (Å²) in [6.45, 7) is 1.59. The highest BCUT2D eigenvalue weighted by atomic mass is 19.2. The first-order valence-electron chi connectivity index (χ1n) is 4.08. The van der Waals surface area contributed by atoms with Crippen LogP contribution in [0.5, 0.6) is 5.75 Å². The lowest BCUT2D eigenvalue weighted by Crippen LogP contribution is -2.01. The molecular weight excluding hydrogens is 190 g/mol. The van der Waals surface area contributed by atoms with Crippen LogP contribution in [0.1, 0.15) is 18.4 Å². The number of benzene rings is 1. The molecule has 4 heteroatoms. The number of aldehydes is 1. The Labute approximate surface area is 80.5 Å². The second-order valence-corrected chi connectivity index (χ2v) is 2.93. The van der Waals surface area contributed by atoms with Gasteiger partial charge in [-0.3, -0.25) is 0 Å². The van der Waals surface area contributed by atoms with Gasteiger partial charge in [0, 0.05) is 17.5 Å². The maximum absolute atomic E-state index is 12.8. The van der Waals surface area contributed by atoms with Crippen molar-refractivity contribution in [2.75, 3.05) is 7.11 Å². The summed E-state index contributed by atoms with van der Waals surface area (Å²) in [6.07, 6.45) is 0.648. The van der Waals surface area contributed by atoms with E-state index in [1.54, 1.807) is 6.92 Å². The summed E-state index contributed by atoms with van der Waals surface area (Å²) in [5, 5.41) is 0. The van der Waals surface area contributed by atoms with E-state index in [4.69, 9.17) is 4.74 Å². The molecule has 14 heavy (non-hydrogen) atoms. The fourth-order valence-corrected chi connectivity index (χ4v) is 1.15. The first-order chi connectivity index (χ1) is 6.60. The van der Waals surface area contributed by atoms with Gasteiger partial charge in [-0.15, -0.1) is 0 Å². The van der Waals surface area contributed by atoms with Gasteiger partial charge in [0.25, 0.3) is 0 Å². The van der Waals surface area contributed by atoms with Gasteiger partial charge < -0.3 is 9.53 Å². The summed E-state index contributed by atoms with van der Waals surface area (Å²) in [5.74, 6) is -2.29. The highest BCUT2D eigenvalue weighted by molar-refractivity contribution is 5.63. The molecule has 1 unspecified atom stereocenters. The van der Waals surface area contributed by atoms with Crippen LogP contribution >= 0.6 is 0 Å². The predicted octanol–water partition coefficient (Wildman–Crippen LogP) is 2.28. The Morgan fingerprint density at radius 1 is 1.36 bits per heavy atom. The fraction of sp³-hybridized carbons (Fsp3) is 0.300. The molecule has 0 amide bonds. The van der Waals surface area contributed by atoms with Crippen LogP contribution in [0.2, 0.25) is 0 Å². The predicted molar refractivity (Wildman–Crippen MR) is 47.4 cm³/mol. The average molecular weight is 200 g/mol. The Bertz CT molecular complexity index is 350. The molecule has 1 rings (SSSR count). The molecule has 0 heterocycles. The van der Waals surface area contributed by atoms with E-state index in [1.165, 1.54) is 7.11 Å². The normalized spacial score (nSPS) is 12.3. The topological polar surface area (TPSA) is 26.3 Å². The molecule has 2 nitrogen and oxygen atoms in total. The van der Waals surface area contributed by atoms with Gasteiger partial charge >= 0.3 is 0 Å². The van der Waals surface area contributed by atoms with Crippen molar-refractivity contribution in [1.29, 1.82) is 0 Å². The summed E-state index contributed by atoms with van der Waals surface area (Å²) < 4.78 is 30.5. The van der Waals surface area contributed by atoms with Crippen LogP contribution < -0.4 is 4.74 Å². The number of rotatable bonds is 3. The zero-order valence-electron chi connectivity index (χ0n) is 7.88. The third-order valence-corrected chi connectivity index (χ3v) is 1.97. The van der Waals surface area contributed by atoms with Gasteiger partial charge in [-0.05, 0) is 6.07 Å². The molecule has 0 saturated heterocycles. The van der Waals surface area contributed by atoms with Crippen LogP contribution in [0.4, 0.5) is 8.78 Å². The number of carbonyl (C=O) groups excluding carboxylic acids is 1. The molecule has 1 aromatic carbocycles. The largest absolute Gasteiger partial charge is 0.496 e. The SMILES string of the molecule is COc1cc(F)c(F)cc1C(C)C=O. The summed E-state index contributed by atoms with van der Waals surface area (Å²) in [5.41, 5.74) is 0.349. The second-order valence-electron chi connectivity index (χ2n) is 2.93. The van der Waals surface area contributed by atoms with E-state index in [2.05, 4.69) is 0 Å². The number of carbonyl (C=O) groups is 1. The monoisotopic (exact) mass is 200 g/mol. The van der Waals surface area contributed by atoms with Crippen LogP contribution in [0, 0.1) is 11.6 Å². The van der Waals surface area contributed by atoms with Crippen LogP contribution in [0.3, 0.4) is 0 Å². The smallest absolute Gasteiger partial charge is 0.162 e. The van der Waals surface area contributed by atoms with Crippen molar-refractivity contribution >= 4 is 6.29 Å². The minimum absolute atomic E-state index is 0.184. The van der Waals surface area contributed by atoms with Crippen molar-refractivity contribution in [2.24, 2.45) is 0 Å². The van der Waals surface area contributed by atoms with Crippen molar-refractivity contribution in [3.05, 3.63) is 29.3 Å². The maximum atomic E-state index is 12.8. The summed E-state index contributed by atoms with van der Waals surface area (Å²) in [4.78, 5) is 10.5. The van der Waals surface area contributed by atoms with Crippen molar-refractivity contribution < 1.29 is 18.3 Å². The first-order valence-corrected chi connectivity index (χ1v) is 4.08. The van der Waals surface area contributed by atoms with Crippen LogP contribution in [0.25, 0.3) is 0 Å². The maximum Gasteiger partial charge on any atom is 0.162 e. The lowest BCUT2D eigenvalue weighted by Gasteiger charge is -2.10. The zero-order chi connectivity index (χ0) is 10.7. The molecule has 0 aliphatic heterocycles. The van der Waals surface area contributed by atoms with Gasteiger partial charge in [0.1, 0.15) is 12.0 Å².